The molecule has 0 saturated heterocycles. The van der Waals surface area contributed by atoms with Gasteiger partial charge in [-0.1, -0.05) is 33.6 Å². The topological polar surface area (TPSA) is 93.8 Å². The summed E-state index contributed by atoms with van der Waals surface area (Å²) in [4.78, 5) is 30.0. The van der Waals surface area contributed by atoms with E-state index in [1.807, 2.05) is 12.1 Å². The van der Waals surface area contributed by atoms with Gasteiger partial charge in [0.2, 0.25) is 5.82 Å². The van der Waals surface area contributed by atoms with E-state index in [1.165, 1.54) is 25.0 Å². The molecule has 5 rings (SSSR count). The van der Waals surface area contributed by atoms with Crippen LogP contribution in [0, 0.1) is 17.7 Å². The second-order valence-electron chi connectivity index (χ2n) is 10.2. The molecule has 0 unspecified atom stereocenters. The highest BCUT2D eigenvalue weighted by molar-refractivity contribution is 5.94. The molecule has 1 N–H and O–H groups in total. The average molecular weight is 488 g/mol. The summed E-state index contributed by atoms with van der Waals surface area (Å²) in [6.45, 7) is 7.25. The quantitative estimate of drug-likeness (QED) is 0.341. The lowest BCUT2D eigenvalue weighted by Gasteiger charge is -2.27. The van der Waals surface area contributed by atoms with Crippen molar-refractivity contribution in [3.63, 3.8) is 0 Å². The Hall–Kier alpha value is -3.68. The van der Waals surface area contributed by atoms with Crippen LogP contribution >= 0.6 is 0 Å². The number of pyridine rings is 1. The number of rotatable bonds is 6. The first-order valence-corrected chi connectivity index (χ1v) is 12.5. The number of hydrogen-bond acceptors (Lipinski definition) is 5. The molecule has 1 saturated carbocycles. The van der Waals surface area contributed by atoms with Crippen molar-refractivity contribution in [3.05, 3.63) is 59.8 Å². The molecule has 1 aliphatic rings. The van der Waals surface area contributed by atoms with Crippen molar-refractivity contribution in [3.8, 4) is 22.8 Å². The number of nitrogens with zero attached hydrogens (tertiary/aromatic N) is 5. The minimum atomic E-state index is -1.24. The molecule has 1 aliphatic carbocycles. The molecule has 0 atom stereocenters. The van der Waals surface area contributed by atoms with Crippen molar-refractivity contribution in [1.82, 2.24) is 24.5 Å². The van der Waals surface area contributed by atoms with Crippen LogP contribution in [0.25, 0.3) is 33.9 Å². The summed E-state index contributed by atoms with van der Waals surface area (Å²) < 4.78 is 15.8. The van der Waals surface area contributed by atoms with Crippen molar-refractivity contribution < 1.29 is 14.3 Å². The lowest BCUT2D eigenvalue weighted by atomic mass is 9.83. The number of hydrogen-bond donors (Lipinski definition) is 1. The Balaban J connectivity index is 1.76. The zero-order chi connectivity index (χ0) is 25.4. The van der Waals surface area contributed by atoms with Crippen molar-refractivity contribution in [2.75, 3.05) is 0 Å². The highest BCUT2D eigenvalue weighted by Crippen LogP contribution is 2.35. The van der Waals surface area contributed by atoms with Gasteiger partial charge in [-0.05, 0) is 72.6 Å². The Morgan fingerprint density at radius 1 is 1.08 bits per heavy atom. The molecule has 3 aromatic heterocycles. The molecule has 0 amide bonds. The summed E-state index contributed by atoms with van der Waals surface area (Å²) in [5, 5.41) is 9.70. The van der Waals surface area contributed by atoms with Gasteiger partial charge in [-0.25, -0.2) is 24.1 Å². The molecule has 4 aromatic rings. The van der Waals surface area contributed by atoms with Crippen LogP contribution in [0.4, 0.5) is 4.39 Å². The number of fused-ring (bicyclic) bond motifs is 1. The number of aromatic nitrogens is 5. The minimum Gasteiger partial charge on any atom is -0.475 e. The van der Waals surface area contributed by atoms with Crippen molar-refractivity contribution in [2.45, 2.75) is 58.9 Å². The first kappa shape index (κ1) is 24.0. The minimum absolute atomic E-state index is 0.303. The third-order valence-corrected chi connectivity index (χ3v) is 7.17. The van der Waals surface area contributed by atoms with Gasteiger partial charge in [-0.3, -0.25) is 4.98 Å². The van der Waals surface area contributed by atoms with E-state index in [-0.39, 0.29) is 11.6 Å². The monoisotopic (exact) mass is 487 g/mol. The Bertz CT molecular complexity index is 1410. The molecule has 0 spiro atoms. The zero-order valence-electron chi connectivity index (χ0n) is 20.8. The summed E-state index contributed by atoms with van der Waals surface area (Å²) in [6, 6.07) is 9.95. The molecule has 1 aromatic carbocycles. The highest BCUT2D eigenvalue weighted by atomic mass is 19.1. The van der Waals surface area contributed by atoms with Crippen LogP contribution in [0.15, 0.2) is 42.6 Å². The number of imidazole rings is 1. The molecule has 7 nitrogen and oxygen atoms in total. The summed E-state index contributed by atoms with van der Waals surface area (Å²) in [5.74, 6) is 0.185. The first-order chi connectivity index (χ1) is 17.3. The summed E-state index contributed by atoms with van der Waals surface area (Å²) >= 11 is 0. The Kier molecular flexibility index (Phi) is 6.51. The van der Waals surface area contributed by atoms with Crippen LogP contribution in [0.1, 0.15) is 68.6 Å². The second kappa shape index (κ2) is 9.76. The van der Waals surface area contributed by atoms with E-state index in [4.69, 9.17) is 4.98 Å². The van der Waals surface area contributed by atoms with Crippen LogP contribution in [0.2, 0.25) is 0 Å². The fourth-order valence-corrected chi connectivity index (χ4v) is 5.01. The third-order valence-electron chi connectivity index (χ3n) is 7.17. The van der Waals surface area contributed by atoms with E-state index in [0.29, 0.717) is 52.3 Å². The van der Waals surface area contributed by atoms with Crippen molar-refractivity contribution in [1.29, 1.82) is 0 Å². The Morgan fingerprint density at radius 2 is 1.81 bits per heavy atom. The van der Waals surface area contributed by atoms with Crippen LogP contribution in [-0.4, -0.2) is 35.6 Å². The fraction of sp³-hybridized carbons (Fsp3) is 0.393. The molecule has 0 radical (unpaired) electrons. The number of aromatic carboxylic acids is 1. The van der Waals surface area contributed by atoms with Gasteiger partial charge in [-0.15, -0.1) is 0 Å². The molecule has 0 bridgehead atoms. The van der Waals surface area contributed by atoms with Gasteiger partial charge in [0.15, 0.2) is 11.5 Å². The van der Waals surface area contributed by atoms with Gasteiger partial charge in [0.1, 0.15) is 22.7 Å². The first-order valence-electron chi connectivity index (χ1n) is 12.5. The number of carboxylic acid groups (broad SMARTS) is 1. The highest BCUT2D eigenvalue weighted by Gasteiger charge is 2.26. The maximum absolute atomic E-state index is 13.7. The van der Waals surface area contributed by atoms with E-state index in [2.05, 4.69) is 40.3 Å². The Labute approximate surface area is 209 Å². The summed E-state index contributed by atoms with van der Waals surface area (Å²) in [6.07, 6.45) is 6.36. The predicted molar refractivity (Wildman–Crippen MR) is 136 cm³/mol. The van der Waals surface area contributed by atoms with Gasteiger partial charge in [0.25, 0.3) is 0 Å². The van der Waals surface area contributed by atoms with Crippen LogP contribution in [0.3, 0.4) is 0 Å². The normalized spacial score (nSPS) is 18.1. The van der Waals surface area contributed by atoms with Gasteiger partial charge in [0.05, 0.1) is 0 Å². The molecule has 0 aliphatic heterocycles. The smallest absolute Gasteiger partial charge is 0.374 e. The summed E-state index contributed by atoms with van der Waals surface area (Å²) in [5.41, 5.74) is 3.85. The molecule has 1 fully saturated rings. The zero-order valence-corrected chi connectivity index (χ0v) is 20.8. The maximum Gasteiger partial charge on any atom is 0.374 e. The van der Waals surface area contributed by atoms with E-state index in [9.17, 15) is 14.3 Å². The van der Waals surface area contributed by atoms with Gasteiger partial charge < -0.3 is 9.67 Å². The van der Waals surface area contributed by atoms with E-state index in [0.717, 1.165) is 24.3 Å². The van der Waals surface area contributed by atoms with Gasteiger partial charge >= 0.3 is 5.97 Å². The van der Waals surface area contributed by atoms with Crippen LogP contribution < -0.4 is 0 Å². The van der Waals surface area contributed by atoms with Crippen LogP contribution in [-0.2, 0) is 6.54 Å². The second-order valence-corrected chi connectivity index (χ2v) is 10.2. The summed E-state index contributed by atoms with van der Waals surface area (Å²) in [7, 11) is 0. The number of carbonyl (C=O) groups is 1. The van der Waals surface area contributed by atoms with Crippen molar-refractivity contribution >= 4 is 17.1 Å². The Morgan fingerprint density at radius 3 is 2.47 bits per heavy atom. The molecular weight excluding hydrogens is 457 g/mol. The standard InChI is InChI=1S/C28H30FN5O2/c1-16(2)20-12-13-30-22(14-20)27-33-25-24(34(27)15-18-6-4-17(3)5-7-18)23(31-26(32-25)28(35)36)19-8-10-21(29)11-9-19/h8-14,16-18H,4-7,15H2,1-3H3,(H,35,36). The number of benzene rings is 1. The van der Waals surface area contributed by atoms with Crippen LogP contribution in [0.5, 0.6) is 0 Å². The molecular formula is C28H30FN5O2. The lowest BCUT2D eigenvalue weighted by molar-refractivity contribution is 0.0684. The third kappa shape index (κ3) is 4.72. The molecule has 8 heteroatoms. The number of carboxylic acids is 1. The lowest BCUT2D eigenvalue weighted by Crippen LogP contribution is -2.19. The average Bonchev–Trinajstić information content (AvgIpc) is 3.23. The fourth-order valence-electron chi connectivity index (χ4n) is 5.01. The number of halogens is 1. The predicted octanol–water partition coefficient (Wildman–Crippen LogP) is 6.34. The largest absolute Gasteiger partial charge is 0.475 e. The molecule has 36 heavy (non-hydrogen) atoms. The molecule has 3 heterocycles. The van der Waals surface area contributed by atoms with Gasteiger partial charge in [0, 0.05) is 18.3 Å². The SMILES string of the molecule is CC1CCC(Cn2c(-c3cc(C(C)C)ccn3)nc3nc(C(=O)O)nc(-c4ccc(F)cc4)c32)CC1. The van der Waals surface area contributed by atoms with Crippen molar-refractivity contribution in [2.24, 2.45) is 11.8 Å². The van der Waals surface area contributed by atoms with E-state index >= 15 is 0 Å². The van der Waals surface area contributed by atoms with E-state index < -0.39 is 5.97 Å². The molecule has 186 valence electrons. The maximum atomic E-state index is 13.7. The van der Waals surface area contributed by atoms with Gasteiger partial charge in [-0.2, -0.15) is 0 Å². The van der Waals surface area contributed by atoms with E-state index in [1.54, 1.807) is 18.3 Å².